The van der Waals surface area contributed by atoms with Gasteiger partial charge in [0, 0.05) is 22.8 Å². The van der Waals surface area contributed by atoms with Crippen molar-refractivity contribution in [2.24, 2.45) is 5.92 Å². The first-order valence-electron chi connectivity index (χ1n) is 7.07. The summed E-state index contributed by atoms with van der Waals surface area (Å²) in [6, 6.07) is 5.36. The Morgan fingerprint density at radius 1 is 1.26 bits per heavy atom. The lowest BCUT2D eigenvalue weighted by atomic mass is 10.2. The predicted octanol–water partition coefficient (Wildman–Crippen LogP) is 4.83. The second-order valence-electron chi connectivity index (χ2n) is 5.49. The van der Waals surface area contributed by atoms with E-state index in [4.69, 9.17) is 47.0 Å². The number of hydrogen-bond acceptors (Lipinski definition) is 2. The summed E-state index contributed by atoms with van der Waals surface area (Å²) in [7, 11) is 0. The molecule has 8 heteroatoms. The summed E-state index contributed by atoms with van der Waals surface area (Å²) in [5, 5.41) is 12.7. The highest BCUT2D eigenvalue weighted by Gasteiger charge is 2.10. The number of aromatic nitrogens is 2. The lowest BCUT2D eigenvalue weighted by molar-refractivity contribution is 0.627. The Labute approximate surface area is 156 Å². The molecule has 2 N–H and O–H groups in total. The van der Waals surface area contributed by atoms with E-state index in [9.17, 15) is 0 Å². The van der Waals surface area contributed by atoms with Crippen LogP contribution in [0.15, 0.2) is 24.4 Å². The Kier molecular flexibility index (Phi) is 6.53. The molecule has 0 amide bonds. The molecular formula is C15H17Cl3N4S. The average Bonchev–Trinajstić information content (AvgIpc) is 2.80. The van der Waals surface area contributed by atoms with E-state index in [1.54, 1.807) is 23.0 Å². The first-order chi connectivity index (χ1) is 10.8. The van der Waals surface area contributed by atoms with Crippen molar-refractivity contribution in [2.75, 3.05) is 11.9 Å². The van der Waals surface area contributed by atoms with Crippen molar-refractivity contribution in [2.45, 2.75) is 20.4 Å². The Bertz CT molecular complexity index is 700. The second kappa shape index (κ2) is 8.20. The molecule has 1 aromatic heterocycles. The molecule has 0 radical (unpaired) electrons. The Balaban J connectivity index is 2.04. The quantitative estimate of drug-likeness (QED) is 0.716. The standard InChI is InChI=1S/C15H17Cl3N4S/c1-9(2)6-19-15(23)20-14-13(18)8-22(21-14)7-10-3-4-11(16)5-12(10)17/h3-5,8-9H,6-7H2,1-2H3,(H2,19,20,21,23). The van der Waals surface area contributed by atoms with Crippen LogP contribution in [-0.2, 0) is 6.54 Å². The summed E-state index contributed by atoms with van der Waals surface area (Å²) < 4.78 is 1.70. The van der Waals surface area contributed by atoms with E-state index in [1.165, 1.54) is 0 Å². The van der Waals surface area contributed by atoms with Gasteiger partial charge in [-0.15, -0.1) is 0 Å². The van der Waals surface area contributed by atoms with E-state index in [1.807, 2.05) is 6.07 Å². The van der Waals surface area contributed by atoms with Crippen molar-refractivity contribution in [3.05, 3.63) is 45.0 Å². The van der Waals surface area contributed by atoms with E-state index in [0.717, 1.165) is 12.1 Å². The van der Waals surface area contributed by atoms with Gasteiger partial charge in [-0.3, -0.25) is 4.68 Å². The number of benzene rings is 1. The second-order valence-corrected chi connectivity index (χ2v) is 7.15. The molecule has 0 aliphatic carbocycles. The smallest absolute Gasteiger partial charge is 0.173 e. The van der Waals surface area contributed by atoms with Crippen LogP contribution in [0.2, 0.25) is 15.1 Å². The van der Waals surface area contributed by atoms with Crippen LogP contribution < -0.4 is 10.6 Å². The summed E-state index contributed by atoms with van der Waals surface area (Å²) in [6.45, 7) is 5.48. The summed E-state index contributed by atoms with van der Waals surface area (Å²) in [6.07, 6.45) is 1.72. The molecule has 2 aromatic rings. The predicted molar refractivity (Wildman–Crippen MR) is 102 cm³/mol. The van der Waals surface area contributed by atoms with Gasteiger partial charge in [-0.05, 0) is 35.8 Å². The van der Waals surface area contributed by atoms with Gasteiger partial charge in [0.25, 0.3) is 0 Å². The van der Waals surface area contributed by atoms with Crippen LogP contribution in [0.1, 0.15) is 19.4 Å². The molecule has 23 heavy (non-hydrogen) atoms. The number of rotatable bonds is 5. The van der Waals surface area contributed by atoms with Crippen molar-refractivity contribution in [1.82, 2.24) is 15.1 Å². The molecule has 0 saturated carbocycles. The minimum absolute atomic E-state index is 0.490. The van der Waals surface area contributed by atoms with Crippen molar-refractivity contribution < 1.29 is 0 Å². The van der Waals surface area contributed by atoms with Crippen molar-refractivity contribution >= 4 is 58.0 Å². The fourth-order valence-corrected chi connectivity index (χ4v) is 2.68. The molecular weight excluding hydrogens is 375 g/mol. The highest BCUT2D eigenvalue weighted by molar-refractivity contribution is 7.80. The van der Waals surface area contributed by atoms with Crippen LogP contribution in [0.3, 0.4) is 0 Å². The first kappa shape index (κ1) is 18.3. The van der Waals surface area contributed by atoms with Crippen LogP contribution in [0.5, 0.6) is 0 Å². The van der Waals surface area contributed by atoms with Crippen molar-refractivity contribution in [1.29, 1.82) is 0 Å². The number of nitrogens with one attached hydrogen (secondary N) is 2. The summed E-state index contributed by atoms with van der Waals surface area (Å²) in [4.78, 5) is 0. The van der Waals surface area contributed by atoms with Gasteiger partial charge in [-0.25, -0.2) is 0 Å². The lowest BCUT2D eigenvalue weighted by Crippen LogP contribution is -2.31. The van der Waals surface area contributed by atoms with Gasteiger partial charge >= 0.3 is 0 Å². The Morgan fingerprint density at radius 3 is 2.65 bits per heavy atom. The number of hydrogen-bond donors (Lipinski definition) is 2. The molecule has 0 spiro atoms. The average molecular weight is 392 g/mol. The van der Waals surface area contributed by atoms with Gasteiger partial charge in [-0.2, -0.15) is 5.10 Å². The third-order valence-corrected chi connectivity index (χ3v) is 4.08. The van der Waals surface area contributed by atoms with Crippen LogP contribution in [0.4, 0.5) is 5.82 Å². The molecule has 0 bridgehead atoms. The zero-order valence-electron chi connectivity index (χ0n) is 12.7. The van der Waals surface area contributed by atoms with Gasteiger partial charge in [0.15, 0.2) is 10.9 Å². The fourth-order valence-electron chi connectivity index (χ4n) is 1.84. The van der Waals surface area contributed by atoms with E-state index >= 15 is 0 Å². The van der Waals surface area contributed by atoms with Crippen molar-refractivity contribution in [3.63, 3.8) is 0 Å². The minimum Gasteiger partial charge on any atom is -0.362 e. The number of halogens is 3. The van der Waals surface area contributed by atoms with Gasteiger partial charge in [0.1, 0.15) is 5.02 Å². The number of thiocarbonyl (C=S) groups is 1. The largest absolute Gasteiger partial charge is 0.362 e. The topological polar surface area (TPSA) is 41.9 Å². The maximum absolute atomic E-state index is 6.20. The minimum atomic E-state index is 0.490. The Morgan fingerprint density at radius 2 is 2.00 bits per heavy atom. The number of nitrogens with zero attached hydrogens (tertiary/aromatic N) is 2. The van der Waals surface area contributed by atoms with Crippen LogP contribution in [-0.4, -0.2) is 21.4 Å². The zero-order chi connectivity index (χ0) is 17.0. The van der Waals surface area contributed by atoms with Crippen LogP contribution in [0.25, 0.3) is 0 Å². The Hall–Kier alpha value is -1.01. The summed E-state index contributed by atoms with van der Waals surface area (Å²) in [5.74, 6) is 1.01. The number of anilines is 1. The monoisotopic (exact) mass is 390 g/mol. The fraction of sp³-hybridized carbons (Fsp3) is 0.333. The van der Waals surface area contributed by atoms with E-state index in [0.29, 0.717) is 38.5 Å². The molecule has 0 saturated heterocycles. The maximum atomic E-state index is 6.20. The molecule has 4 nitrogen and oxygen atoms in total. The molecule has 0 aliphatic rings. The molecule has 1 heterocycles. The molecule has 1 aromatic carbocycles. The van der Waals surface area contributed by atoms with Crippen LogP contribution in [0, 0.1) is 5.92 Å². The molecule has 0 atom stereocenters. The molecule has 0 aliphatic heterocycles. The van der Waals surface area contributed by atoms with Gasteiger partial charge in [-0.1, -0.05) is 54.7 Å². The third kappa shape index (κ3) is 5.53. The van der Waals surface area contributed by atoms with Gasteiger partial charge in [0.05, 0.1) is 6.54 Å². The lowest BCUT2D eigenvalue weighted by Gasteiger charge is -2.10. The van der Waals surface area contributed by atoms with Crippen LogP contribution >= 0.6 is 47.0 Å². The molecule has 0 fully saturated rings. The summed E-state index contributed by atoms with van der Waals surface area (Å²) in [5.41, 5.74) is 0.905. The SMILES string of the molecule is CC(C)CNC(=S)Nc1nn(Cc2ccc(Cl)cc2Cl)cc1Cl. The van der Waals surface area contributed by atoms with E-state index in [-0.39, 0.29) is 0 Å². The van der Waals surface area contributed by atoms with Crippen molar-refractivity contribution in [3.8, 4) is 0 Å². The van der Waals surface area contributed by atoms with E-state index < -0.39 is 0 Å². The highest BCUT2D eigenvalue weighted by Crippen LogP contribution is 2.24. The summed E-state index contributed by atoms with van der Waals surface area (Å²) >= 11 is 23.5. The zero-order valence-corrected chi connectivity index (χ0v) is 15.8. The maximum Gasteiger partial charge on any atom is 0.173 e. The van der Waals surface area contributed by atoms with E-state index in [2.05, 4.69) is 29.6 Å². The first-order valence-corrected chi connectivity index (χ1v) is 8.61. The van der Waals surface area contributed by atoms with Gasteiger partial charge < -0.3 is 10.6 Å². The molecule has 124 valence electrons. The molecule has 0 unspecified atom stereocenters. The highest BCUT2D eigenvalue weighted by atomic mass is 35.5. The normalized spacial score (nSPS) is 10.9. The molecule has 2 rings (SSSR count). The third-order valence-electron chi connectivity index (χ3n) is 2.97. The van der Waals surface area contributed by atoms with Gasteiger partial charge in [0.2, 0.25) is 0 Å².